The molecule has 12 nitrogen and oxygen atoms in total. The Hall–Kier alpha value is -5.22. The molecule has 4 heterocycles. The van der Waals surface area contributed by atoms with Gasteiger partial charge in [-0.15, -0.1) is 4.80 Å². The number of carbonyl (C=O) groups is 1. The van der Waals surface area contributed by atoms with Crippen molar-refractivity contribution in [2.24, 2.45) is 5.92 Å². The van der Waals surface area contributed by atoms with E-state index in [-0.39, 0.29) is 18.6 Å². The lowest BCUT2D eigenvalue weighted by atomic mass is 9.82. The van der Waals surface area contributed by atoms with Crippen molar-refractivity contribution in [3.05, 3.63) is 129 Å². The fraction of sp³-hybridized carbons (Fsp3) is 0.438. The Morgan fingerprint density at radius 2 is 1.59 bits per heavy atom. The van der Waals surface area contributed by atoms with E-state index in [2.05, 4.69) is 55.2 Å². The van der Waals surface area contributed by atoms with E-state index in [0.29, 0.717) is 57.6 Å². The Morgan fingerprint density at radius 1 is 0.937 bits per heavy atom. The summed E-state index contributed by atoms with van der Waals surface area (Å²) in [5, 5.41) is 11.1. The van der Waals surface area contributed by atoms with E-state index >= 15 is 4.39 Å². The molecule has 1 aliphatic heterocycles. The molecule has 1 aliphatic carbocycles. The molecule has 2 aliphatic rings. The van der Waals surface area contributed by atoms with Crippen LogP contribution in [0.3, 0.4) is 0 Å². The van der Waals surface area contributed by atoms with Crippen molar-refractivity contribution in [2.75, 3.05) is 20.2 Å². The minimum atomic E-state index is -3.21. The van der Waals surface area contributed by atoms with Crippen molar-refractivity contribution >= 4 is 46.2 Å². The lowest BCUT2D eigenvalue weighted by Gasteiger charge is -2.44. The lowest BCUT2D eigenvalue weighted by Crippen LogP contribution is -2.65. The third-order valence-corrected chi connectivity index (χ3v) is 19.0. The molecule has 1 amide bonds. The van der Waals surface area contributed by atoms with Gasteiger partial charge in [-0.1, -0.05) is 99.2 Å². The van der Waals surface area contributed by atoms with Crippen LogP contribution in [-0.2, 0) is 16.1 Å². The molecule has 0 bridgehead atoms. The molecule has 0 spiro atoms. The predicted octanol–water partition coefficient (Wildman–Crippen LogP) is 7.07. The molecule has 15 heteroatoms. The third kappa shape index (κ3) is 8.60. The van der Waals surface area contributed by atoms with Gasteiger partial charge >= 0.3 is 5.69 Å². The van der Waals surface area contributed by atoms with Gasteiger partial charge < -0.3 is 19.2 Å². The van der Waals surface area contributed by atoms with Crippen LogP contribution in [0.1, 0.15) is 95.4 Å². The zero-order chi connectivity index (χ0) is 44.5. The van der Waals surface area contributed by atoms with Crippen LogP contribution in [0.2, 0.25) is 5.04 Å². The topological polar surface area (TPSA) is 134 Å². The molecule has 8 rings (SSSR count). The maximum Gasteiger partial charge on any atom is 0.332 e. The zero-order valence-electron chi connectivity index (χ0n) is 36.7. The Balaban J connectivity index is 1.14. The molecule has 2 fully saturated rings. The summed E-state index contributed by atoms with van der Waals surface area (Å²) in [4.78, 5) is 59.0. The Labute approximate surface area is 372 Å². The SMILES string of the molecule is CCCCOc1ccc(F)cc1[C@H](Cn1c(=O)n([C@@H]2CCN(C)C2=O)c(=O)c2c(C)c(-n3nccn3)sc21)OC1CCC(CC(C)(C)[Si](O)(c2ccccc2)c2ccccc2)CC1. The number of hydrogen-bond acceptors (Lipinski definition) is 9. The highest BCUT2D eigenvalue weighted by Gasteiger charge is 2.51. The molecule has 63 heavy (non-hydrogen) atoms. The van der Waals surface area contributed by atoms with E-state index in [1.165, 1.54) is 37.7 Å². The van der Waals surface area contributed by atoms with Crippen LogP contribution in [0.25, 0.3) is 15.2 Å². The molecule has 6 aromatic rings. The minimum absolute atomic E-state index is 0.0778. The molecule has 1 saturated carbocycles. The first-order valence-electron chi connectivity index (χ1n) is 22.1. The molecule has 1 saturated heterocycles. The number of amides is 1. The summed E-state index contributed by atoms with van der Waals surface area (Å²) in [6.45, 7) is 9.02. The number of nitrogens with zero attached hydrogens (tertiary/aromatic N) is 6. The lowest BCUT2D eigenvalue weighted by molar-refractivity contribution is -0.129. The first-order chi connectivity index (χ1) is 30.3. The molecular weight excluding hydrogens is 836 g/mol. The summed E-state index contributed by atoms with van der Waals surface area (Å²) >= 11 is 1.21. The number of halogens is 1. The van der Waals surface area contributed by atoms with Gasteiger partial charge in [-0.2, -0.15) is 10.2 Å². The second-order valence-electron chi connectivity index (χ2n) is 17.8. The number of carbonyl (C=O) groups excluding carboxylic acids is 1. The van der Waals surface area contributed by atoms with Gasteiger partial charge in [-0.05, 0) is 91.4 Å². The molecule has 332 valence electrons. The van der Waals surface area contributed by atoms with Crippen LogP contribution in [-0.4, -0.2) is 74.4 Å². The first-order valence-corrected chi connectivity index (χ1v) is 24.9. The second kappa shape index (κ2) is 18.5. The fourth-order valence-corrected chi connectivity index (χ4v) is 14.9. The number of likely N-dealkylation sites (tertiary alicyclic amines) is 1. The van der Waals surface area contributed by atoms with Gasteiger partial charge in [-0.3, -0.25) is 14.2 Å². The number of aryl methyl sites for hydroxylation is 1. The molecule has 1 N–H and O–H groups in total. The number of ether oxygens (including phenoxy) is 2. The maximum absolute atomic E-state index is 15.4. The molecule has 0 radical (unpaired) electrons. The summed E-state index contributed by atoms with van der Waals surface area (Å²) < 4.78 is 31.4. The molecule has 2 atom stereocenters. The van der Waals surface area contributed by atoms with E-state index < -0.39 is 42.6 Å². The van der Waals surface area contributed by atoms with Gasteiger partial charge in [0.15, 0.2) is 0 Å². The Morgan fingerprint density at radius 3 is 2.19 bits per heavy atom. The van der Waals surface area contributed by atoms with Crippen molar-refractivity contribution in [3.8, 4) is 10.8 Å². The van der Waals surface area contributed by atoms with E-state index in [4.69, 9.17) is 9.47 Å². The number of hydrogen-bond donors (Lipinski definition) is 1. The van der Waals surface area contributed by atoms with Crippen LogP contribution in [0.5, 0.6) is 5.75 Å². The highest BCUT2D eigenvalue weighted by atomic mass is 32.1. The number of benzene rings is 3. The van der Waals surface area contributed by atoms with Gasteiger partial charge in [0.25, 0.3) is 13.9 Å². The number of unbranched alkanes of at least 4 members (excludes halogenated alkanes) is 1. The first kappa shape index (κ1) is 44.4. The van der Waals surface area contributed by atoms with E-state index in [1.54, 1.807) is 32.4 Å². The Bertz CT molecular complexity index is 2620. The van der Waals surface area contributed by atoms with Crippen LogP contribution < -0.4 is 26.4 Å². The van der Waals surface area contributed by atoms with Gasteiger partial charge in [-0.25, -0.2) is 13.8 Å². The van der Waals surface area contributed by atoms with Gasteiger partial charge in [0.05, 0.1) is 37.0 Å². The minimum Gasteiger partial charge on any atom is -0.493 e. The van der Waals surface area contributed by atoms with Crippen molar-refractivity contribution < 1.29 is 23.5 Å². The van der Waals surface area contributed by atoms with Crippen molar-refractivity contribution in [2.45, 2.75) is 109 Å². The van der Waals surface area contributed by atoms with Crippen LogP contribution in [0.15, 0.2) is 101 Å². The largest absolute Gasteiger partial charge is 0.493 e. The summed E-state index contributed by atoms with van der Waals surface area (Å²) in [6, 6.07) is 23.6. The van der Waals surface area contributed by atoms with Crippen molar-refractivity contribution in [1.29, 1.82) is 0 Å². The number of thiophene rings is 1. The molecular formula is C48H57FN6O6SSi. The standard InChI is InChI=1S/C48H57FN6O6SSi/c1-6-7-28-60-40-23-20-34(49)29-38(40)41(61-35-21-18-33(19-22-35)30-48(3,4)63(59,36-14-10-8-11-15-36)37-16-12-9-13-17-37)31-53-46-42(32(2)45(62-46)55-50-25-26-51-55)44(57)54(47(53)58)39-24-27-52(5)43(39)56/h8-17,20,23,25-26,29,33,35,39,41,59H,6-7,18-19,21-22,24,27-28,30-31H2,1-5H3/t33?,35?,39-,41+/m1/s1. The van der Waals surface area contributed by atoms with Crippen LogP contribution >= 0.6 is 11.3 Å². The van der Waals surface area contributed by atoms with Crippen LogP contribution in [0, 0.1) is 18.7 Å². The summed E-state index contributed by atoms with van der Waals surface area (Å²) in [5.74, 6) is 0.00974. The van der Waals surface area contributed by atoms with Gasteiger partial charge in [0.2, 0.25) is 5.91 Å². The maximum atomic E-state index is 15.4. The summed E-state index contributed by atoms with van der Waals surface area (Å²) in [6.07, 6.45) is 7.95. The average molecular weight is 893 g/mol. The van der Waals surface area contributed by atoms with E-state index in [1.807, 2.05) is 36.4 Å². The van der Waals surface area contributed by atoms with Crippen molar-refractivity contribution in [3.63, 3.8) is 0 Å². The average Bonchev–Trinajstić information content (AvgIpc) is 4.03. The molecule has 3 aromatic carbocycles. The van der Waals surface area contributed by atoms with E-state index in [0.717, 1.165) is 59.9 Å². The number of fused-ring (bicyclic) bond motifs is 1. The smallest absolute Gasteiger partial charge is 0.332 e. The third-order valence-electron chi connectivity index (χ3n) is 13.3. The highest BCUT2D eigenvalue weighted by molar-refractivity contribution is 7.21. The van der Waals surface area contributed by atoms with Crippen molar-refractivity contribution in [1.82, 2.24) is 29.0 Å². The van der Waals surface area contributed by atoms with Gasteiger partial charge in [0.1, 0.15) is 33.5 Å². The zero-order valence-corrected chi connectivity index (χ0v) is 38.5. The quantitative estimate of drug-likeness (QED) is 0.0806. The Kier molecular flexibility index (Phi) is 13.0. The number of rotatable bonds is 16. The summed E-state index contributed by atoms with van der Waals surface area (Å²) in [5.41, 5.74) is -0.136. The molecule has 0 unspecified atom stereocenters. The normalized spacial score (nSPS) is 18.9. The highest BCUT2D eigenvalue weighted by Crippen LogP contribution is 2.46. The van der Waals surface area contributed by atoms with E-state index in [9.17, 15) is 19.2 Å². The fourth-order valence-electron chi connectivity index (χ4n) is 9.83. The summed E-state index contributed by atoms with van der Waals surface area (Å²) in [7, 11) is -1.55. The monoisotopic (exact) mass is 892 g/mol. The number of likely N-dealkylation sites (N-methyl/N-ethyl adjacent to an activating group) is 1. The number of aromatic nitrogens is 5. The molecule has 3 aromatic heterocycles. The van der Waals surface area contributed by atoms with Crippen LogP contribution in [0.4, 0.5) is 4.39 Å². The van der Waals surface area contributed by atoms with Gasteiger partial charge in [0, 0.05) is 24.7 Å². The predicted molar refractivity (Wildman–Crippen MR) is 246 cm³/mol. The second-order valence-corrected chi connectivity index (χ2v) is 22.8.